The molecule has 0 aliphatic rings. The average molecular weight is 452 g/mol. The Kier molecular flexibility index (Phi) is 7.86. The van der Waals surface area contributed by atoms with Crippen LogP contribution >= 0.6 is 0 Å². The van der Waals surface area contributed by atoms with Crippen molar-refractivity contribution < 1.29 is 27.9 Å². The number of methoxy groups -OCH3 is 1. The second-order valence-electron chi connectivity index (χ2n) is 7.24. The van der Waals surface area contributed by atoms with Crippen LogP contribution < -0.4 is 10.6 Å². The molecule has 2 amide bonds. The van der Waals surface area contributed by atoms with Gasteiger partial charge in [-0.1, -0.05) is 60.7 Å². The lowest BCUT2D eigenvalue weighted by Crippen LogP contribution is -2.44. The third-order valence-electron chi connectivity index (χ3n) is 4.84. The van der Waals surface area contributed by atoms with Gasteiger partial charge >= 0.3 is 5.97 Å². The van der Waals surface area contributed by atoms with E-state index >= 15 is 0 Å². The number of hydrogen-bond acceptors (Lipinski definition) is 4. The molecule has 33 heavy (non-hydrogen) atoms. The first-order valence-electron chi connectivity index (χ1n) is 10.1. The van der Waals surface area contributed by atoms with E-state index in [1.54, 1.807) is 60.7 Å². The molecule has 0 aromatic heterocycles. The molecule has 0 bridgehead atoms. The van der Waals surface area contributed by atoms with Gasteiger partial charge in [0, 0.05) is 6.07 Å². The maximum Gasteiger partial charge on any atom is 0.333 e. The molecule has 0 heterocycles. The van der Waals surface area contributed by atoms with Gasteiger partial charge in [0.2, 0.25) is 11.8 Å². The lowest BCUT2D eigenvalue weighted by molar-refractivity contribution is -0.145. The van der Waals surface area contributed by atoms with Crippen LogP contribution in [0.1, 0.15) is 28.8 Å². The van der Waals surface area contributed by atoms with Crippen molar-refractivity contribution in [1.82, 2.24) is 10.6 Å². The molecule has 0 saturated heterocycles. The van der Waals surface area contributed by atoms with E-state index in [2.05, 4.69) is 10.6 Å². The van der Waals surface area contributed by atoms with Gasteiger partial charge in [-0.25, -0.2) is 13.6 Å². The molecular formula is C25H22F2N2O4. The fourth-order valence-corrected chi connectivity index (χ4v) is 3.32. The molecule has 3 aromatic carbocycles. The topological polar surface area (TPSA) is 84.5 Å². The SMILES string of the molecule is COC(=O)C(NC(=O)C(NC(=O)Cc1cc(F)cc(F)c1)c1ccccc1)c1ccccc1. The van der Waals surface area contributed by atoms with Gasteiger partial charge in [0.1, 0.15) is 17.7 Å². The molecule has 3 aromatic rings. The summed E-state index contributed by atoms with van der Waals surface area (Å²) in [6.07, 6.45) is -0.343. The zero-order valence-corrected chi connectivity index (χ0v) is 17.8. The van der Waals surface area contributed by atoms with E-state index in [9.17, 15) is 23.2 Å². The van der Waals surface area contributed by atoms with Gasteiger partial charge in [-0.15, -0.1) is 0 Å². The third kappa shape index (κ3) is 6.46. The van der Waals surface area contributed by atoms with Crippen molar-refractivity contribution in [1.29, 1.82) is 0 Å². The molecule has 2 atom stereocenters. The summed E-state index contributed by atoms with van der Waals surface area (Å²) in [6, 6.07) is 17.5. The number of benzene rings is 3. The lowest BCUT2D eigenvalue weighted by atomic mass is 10.0. The maximum absolute atomic E-state index is 13.5. The Balaban J connectivity index is 1.83. The van der Waals surface area contributed by atoms with Crippen molar-refractivity contribution in [2.24, 2.45) is 0 Å². The van der Waals surface area contributed by atoms with E-state index in [1.165, 1.54) is 7.11 Å². The van der Waals surface area contributed by atoms with E-state index in [4.69, 9.17) is 4.74 Å². The summed E-state index contributed by atoms with van der Waals surface area (Å²) in [7, 11) is 1.21. The number of halogens is 2. The minimum Gasteiger partial charge on any atom is -0.467 e. The molecule has 6 nitrogen and oxygen atoms in total. The van der Waals surface area contributed by atoms with Crippen LogP contribution in [0.2, 0.25) is 0 Å². The van der Waals surface area contributed by atoms with Crippen molar-refractivity contribution >= 4 is 17.8 Å². The molecule has 0 aliphatic carbocycles. The van der Waals surface area contributed by atoms with Gasteiger partial charge in [-0.2, -0.15) is 0 Å². The van der Waals surface area contributed by atoms with Gasteiger partial charge in [-0.3, -0.25) is 9.59 Å². The Morgan fingerprint density at radius 2 is 1.30 bits per heavy atom. The zero-order chi connectivity index (χ0) is 23.8. The zero-order valence-electron chi connectivity index (χ0n) is 17.8. The number of carbonyl (C=O) groups is 3. The number of amides is 2. The summed E-state index contributed by atoms with van der Waals surface area (Å²) in [5, 5.41) is 5.21. The summed E-state index contributed by atoms with van der Waals surface area (Å²) in [6.45, 7) is 0. The highest BCUT2D eigenvalue weighted by atomic mass is 19.1. The monoisotopic (exact) mass is 452 g/mol. The molecule has 2 unspecified atom stereocenters. The molecular weight excluding hydrogens is 430 g/mol. The molecule has 0 aliphatic heterocycles. The number of rotatable bonds is 8. The highest BCUT2D eigenvalue weighted by Crippen LogP contribution is 2.19. The summed E-state index contributed by atoms with van der Waals surface area (Å²) in [5.74, 6) is -3.57. The number of nitrogens with one attached hydrogen (secondary N) is 2. The van der Waals surface area contributed by atoms with Crippen molar-refractivity contribution in [2.45, 2.75) is 18.5 Å². The van der Waals surface area contributed by atoms with Crippen LogP contribution in [0, 0.1) is 11.6 Å². The first-order chi connectivity index (χ1) is 15.9. The molecule has 0 saturated carbocycles. The second kappa shape index (κ2) is 11.0. The quantitative estimate of drug-likeness (QED) is 0.513. The molecule has 170 valence electrons. The minimum absolute atomic E-state index is 0.119. The van der Waals surface area contributed by atoms with Gasteiger partial charge in [0.25, 0.3) is 0 Å². The van der Waals surface area contributed by atoms with Gasteiger partial charge in [0.05, 0.1) is 13.5 Å². The van der Waals surface area contributed by atoms with E-state index in [-0.39, 0.29) is 12.0 Å². The van der Waals surface area contributed by atoms with Crippen LogP contribution in [0.25, 0.3) is 0 Å². The Bertz CT molecular complexity index is 1100. The third-order valence-corrected chi connectivity index (χ3v) is 4.84. The van der Waals surface area contributed by atoms with Crippen LogP contribution in [-0.4, -0.2) is 24.9 Å². The molecule has 3 rings (SSSR count). The fourth-order valence-electron chi connectivity index (χ4n) is 3.32. The van der Waals surface area contributed by atoms with Crippen LogP contribution in [0.15, 0.2) is 78.9 Å². The number of ether oxygens (including phenoxy) is 1. The summed E-state index contributed by atoms with van der Waals surface area (Å²) < 4.78 is 31.8. The normalized spacial score (nSPS) is 12.3. The van der Waals surface area contributed by atoms with E-state index in [1.807, 2.05) is 0 Å². The Morgan fingerprint density at radius 3 is 1.82 bits per heavy atom. The van der Waals surface area contributed by atoms with Crippen LogP contribution in [0.4, 0.5) is 8.78 Å². The highest BCUT2D eigenvalue weighted by molar-refractivity contribution is 5.92. The second-order valence-corrected chi connectivity index (χ2v) is 7.24. The van der Waals surface area contributed by atoms with Crippen LogP contribution in [-0.2, 0) is 25.5 Å². The number of carbonyl (C=O) groups excluding carboxylic acids is 3. The van der Waals surface area contributed by atoms with Crippen molar-refractivity contribution in [3.63, 3.8) is 0 Å². The molecule has 0 fully saturated rings. The summed E-state index contributed by atoms with van der Waals surface area (Å²) in [4.78, 5) is 38.2. The minimum atomic E-state index is -1.16. The van der Waals surface area contributed by atoms with E-state index in [0.29, 0.717) is 17.2 Å². The first kappa shape index (κ1) is 23.6. The van der Waals surface area contributed by atoms with Gasteiger partial charge in [-0.05, 0) is 28.8 Å². The highest BCUT2D eigenvalue weighted by Gasteiger charge is 2.29. The van der Waals surface area contributed by atoms with Crippen molar-refractivity contribution in [2.75, 3.05) is 7.11 Å². The standard InChI is InChI=1S/C25H22F2N2O4/c1-33-25(32)23(18-10-6-3-7-11-18)29-24(31)22(17-8-4-2-5-9-17)28-21(30)14-16-12-19(26)15-20(27)13-16/h2-13,15,22-23H,14H2,1H3,(H,28,30)(H,29,31). The number of esters is 1. The van der Waals surface area contributed by atoms with Crippen LogP contribution in [0.3, 0.4) is 0 Å². The first-order valence-corrected chi connectivity index (χ1v) is 10.1. The predicted octanol–water partition coefficient (Wildman–Crippen LogP) is 3.40. The molecule has 0 spiro atoms. The average Bonchev–Trinajstić information content (AvgIpc) is 2.80. The Hall–Kier alpha value is -4.07. The predicted molar refractivity (Wildman–Crippen MR) is 117 cm³/mol. The van der Waals surface area contributed by atoms with Crippen molar-refractivity contribution in [3.05, 3.63) is 107 Å². The smallest absolute Gasteiger partial charge is 0.333 e. The van der Waals surface area contributed by atoms with Crippen molar-refractivity contribution in [3.8, 4) is 0 Å². The molecule has 2 N–H and O–H groups in total. The Morgan fingerprint density at radius 1 is 0.788 bits per heavy atom. The fraction of sp³-hybridized carbons (Fsp3) is 0.160. The maximum atomic E-state index is 13.5. The van der Waals surface area contributed by atoms with E-state index < -0.39 is 41.5 Å². The van der Waals surface area contributed by atoms with E-state index in [0.717, 1.165) is 12.1 Å². The largest absolute Gasteiger partial charge is 0.467 e. The van der Waals surface area contributed by atoms with Gasteiger partial charge < -0.3 is 15.4 Å². The van der Waals surface area contributed by atoms with Gasteiger partial charge in [0.15, 0.2) is 6.04 Å². The lowest BCUT2D eigenvalue weighted by Gasteiger charge is -2.23. The van der Waals surface area contributed by atoms with Crippen LogP contribution in [0.5, 0.6) is 0 Å². The molecule has 8 heteroatoms. The Labute approximate surface area is 189 Å². The molecule has 0 radical (unpaired) electrons. The number of hydrogen-bond donors (Lipinski definition) is 2. The summed E-state index contributed by atoms with van der Waals surface area (Å²) >= 11 is 0. The summed E-state index contributed by atoms with van der Waals surface area (Å²) in [5.41, 5.74) is 1.09.